The number of hydrogen-bond donors (Lipinski definition) is 1. The van der Waals surface area contributed by atoms with Crippen molar-refractivity contribution in [1.82, 2.24) is 25.0 Å². The summed E-state index contributed by atoms with van der Waals surface area (Å²) in [5.74, 6) is 0.819. The summed E-state index contributed by atoms with van der Waals surface area (Å²) < 4.78 is 1.66. The van der Waals surface area contributed by atoms with Gasteiger partial charge in [0.25, 0.3) is 0 Å². The number of aryl methyl sites for hydroxylation is 1. The minimum Gasteiger partial charge on any atom is -0.344 e. The summed E-state index contributed by atoms with van der Waals surface area (Å²) >= 11 is 0. The fourth-order valence-corrected chi connectivity index (χ4v) is 2.38. The van der Waals surface area contributed by atoms with E-state index in [0.29, 0.717) is 13.0 Å². The van der Waals surface area contributed by atoms with Crippen LogP contribution < -0.4 is 5.32 Å². The maximum atomic E-state index is 12.1. The van der Waals surface area contributed by atoms with E-state index in [-0.39, 0.29) is 30.3 Å². The van der Waals surface area contributed by atoms with Gasteiger partial charge in [0.15, 0.2) is 0 Å². The second-order valence-electron chi connectivity index (χ2n) is 5.45. The van der Waals surface area contributed by atoms with Crippen LogP contribution in [-0.2, 0) is 16.6 Å². The highest BCUT2D eigenvalue weighted by atomic mass is 16.2. The maximum absolute atomic E-state index is 12.1. The number of hydrogen-bond acceptors (Lipinski definition) is 4. The minimum absolute atomic E-state index is 0.0555. The molecule has 20 heavy (non-hydrogen) atoms. The van der Waals surface area contributed by atoms with Crippen molar-refractivity contribution < 1.29 is 9.59 Å². The lowest BCUT2D eigenvalue weighted by Gasteiger charge is -2.23. The molecule has 0 aliphatic carbocycles. The van der Waals surface area contributed by atoms with E-state index in [1.807, 2.05) is 13.8 Å². The number of aromatic nitrogens is 3. The van der Waals surface area contributed by atoms with Crippen molar-refractivity contribution in [2.24, 2.45) is 13.0 Å². The molecule has 1 aliphatic heterocycles. The predicted octanol–water partition coefficient (Wildman–Crippen LogP) is 0.251. The second kappa shape index (κ2) is 6.02. The molecule has 0 saturated carbocycles. The summed E-state index contributed by atoms with van der Waals surface area (Å²) in [5.41, 5.74) is 0. The van der Waals surface area contributed by atoms with E-state index in [1.165, 1.54) is 6.33 Å². The third kappa shape index (κ3) is 3.15. The van der Waals surface area contributed by atoms with Gasteiger partial charge in [0.2, 0.25) is 11.8 Å². The zero-order valence-corrected chi connectivity index (χ0v) is 12.2. The van der Waals surface area contributed by atoms with Crippen molar-refractivity contribution in [2.75, 3.05) is 13.1 Å². The molecule has 110 valence electrons. The van der Waals surface area contributed by atoms with E-state index in [1.54, 1.807) is 16.6 Å². The predicted molar refractivity (Wildman–Crippen MR) is 72.5 cm³/mol. The van der Waals surface area contributed by atoms with Crippen molar-refractivity contribution in [3.63, 3.8) is 0 Å². The number of nitrogens with one attached hydrogen (secondary N) is 1. The smallest absolute Gasteiger partial charge is 0.240 e. The molecule has 7 heteroatoms. The maximum Gasteiger partial charge on any atom is 0.240 e. The van der Waals surface area contributed by atoms with E-state index < -0.39 is 0 Å². The van der Waals surface area contributed by atoms with Crippen LogP contribution in [0.5, 0.6) is 0 Å². The number of rotatable bonds is 5. The Kier molecular flexibility index (Phi) is 4.36. The molecule has 1 aromatic rings. The van der Waals surface area contributed by atoms with Crippen molar-refractivity contribution in [3.05, 3.63) is 12.2 Å². The fourth-order valence-electron chi connectivity index (χ4n) is 2.38. The number of amides is 2. The largest absolute Gasteiger partial charge is 0.344 e. The Bertz CT molecular complexity index is 497. The van der Waals surface area contributed by atoms with Crippen molar-refractivity contribution in [2.45, 2.75) is 32.7 Å². The van der Waals surface area contributed by atoms with E-state index in [2.05, 4.69) is 15.4 Å². The molecule has 1 aromatic heterocycles. The Morgan fingerprint density at radius 2 is 2.25 bits per heavy atom. The third-order valence-corrected chi connectivity index (χ3v) is 3.51. The summed E-state index contributed by atoms with van der Waals surface area (Å²) in [6.07, 6.45) is 2.86. The molecule has 0 aromatic carbocycles. The van der Waals surface area contributed by atoms with Crippen LogP contribution >= 0.6 is 0 Å². The Morgan fingerprint density at radius 1 is 1.50 bits per heavy atom. The Balaban J connectivity index is 2.00. The summed E-state index contributed by atoms with van der Waals surface area (Å²) in [5, 5.41) is 6.98. The number of nitrogens with zero attached hydrogens (tertiary/aromatic N) is 4. The quantitative estimate of drug-likeness (QED) is 0.838. The topological polar surface area (TPSA) is 80.1 Å². The minimum atomic E-state index is -0.201. The standard InChI is InChI=1S/C13H21N5O2/c1-9(2)12(13-14-8-15-17(13)3)16-10(19)7-18-6-4-5-11(18)20/h8-9,12H,4-7H2,1-3H3,(H,16,19)/t12-/m1/s1. The van der Waals surface area contributed by atoms with E-state index >= 15 is 0 Å². The van der Waals surface area contributed by atoms with Gasteiger partial charge in [0.1, 0.15) is 12.2 Å². The van der Waals surface area contributed by atoms with Gasteiger partial charge in [-0.05, 0) is 12.3 Å². The zero-order valence-electron chi connectivity index (χ0n) is 12.2. The lowest BCUT2D eigenvalue weighted by Crippen LogP contribution is -2.41. The second-order valence-corrected chi connectivity index (χ2v) is 5.45. The summed E-state index contributed by atoms with van der Waals surface area (Å²) in [6, 6.07) is -0.201. The van der Waals surface area contributed by atoms with Gasteiger partial charge in [0.05, 0.1) is 12.6 Å². The van der Waals surface area contributed by atoms with Crippen molar-refractivity contribution >= 4 is 11.8 Å². The zero-order chi connectivity index (χ0) is 14.7. The molecule has 0 bridgehead atoms. The van der Waals surface area contributed by atoms with Crippen LogP contribution in [0.4, 0.5) is 0 Å². The molecule has 1 atom stereocenters. The normalized spacial score (nSPS) is 16.8. The average molecular weight is 279 g/mol. The van der Waals surface area contributed by atoms with Gasteiger partial charge in [-0.3, -0.25) is 14.3 Å². The highest BCUT2D eigenvalue weighted by molar-refractivity contribution is 5.86. The molecule has 1 N–H and O–H groups in total. The van der Waals surface area contributed by atoms with Crippen LogP contribution in [-0.4, -0.2) is 44.6 Å². The average Bonchev–Trinajstić information content (AvgIpc) is 2.96. The van der Waals surface area contributed by atoms with Gasteiger partial charge in [-0.1, -0.05) is 13.8 Å². The van der Waals surface area contributed by atoms with Crippen LogP contribution in [0.25, 0.3) is 0 Å². The lowest BCUT2D eigenvalue weighted by molar-refractivity contribution is -0.133. The monoisotopic (exact) mass is 279 g/mol. The molecular weight excluding hydrogens is 258 g/mol. The lowest BCUT2D eigenvalue weighted by atomic mass is 10.0. The molecule has 1 aliphatic rings. The number of carbonyl (C=O) groups is 2. The van der Waals surface area contributed by atoms with Crippen LogP contribution in [0, 0.1) is 5.92 Å². The molecule has 7 nitrogen and oxygen atoms in total. The van der Waals surface area contributed by atoms with Crippen LogP contribution in [0.2, 0.25) is 0 Å². The van der Waals surface area contributed by atoms with Crippen molar-refractivity contribution in [1.29, 1.82) is 0 Å². The molecule has 0 radical (unpaired) electrons. The SMILES string of the molecule is CC(C)[C@@H](NC(=O)CN1CCCC1=O)c1ncnn1C. The molecular formula is C13H21N5O2. The first-order valence-electron chi connectivity index (χ1n) is 6.90. The van der Waals surface area contributed by atoms with E-state index in [4.69, 9.17) is 0 Å². The Labute approximate surface area is 118 Å². The summed E-state index contributed by atoms with van der Waals surface area (Å²) in [6.45, 7) is 4.82. The van der Waals surface area contributed by atoms with Gasteiger partial charge < -0.3 is 10.2 Å². The first-order chi connectivity index (χ1) is 9.49. The molecule has 2 amide bonds. The summed E-state index contributed by atoms with van der Waals surface area (Å²) in [4.78, 5) is 29.4. The van der Waals surface area contributed by atoms with E-state index in [9.17, 15) is 9.59 Å². The Morgan fingerprint density at radius 3 is 2.75 bits per heavy atom. The van der Waals surface area contributed by atoms with Gasteiger partial charge in [-0.2, -0.15) is 5.10 Å². The molecule has 1 saturated heterocycles. The van der Waals surface area contributed by atoms with Crippen LogP contribution in [0.15, 0.2) is 6.33 Å². The molecule has 0 unspecified atom stereocenters. The highest BCUT2D eigenvalue weighted by Gasteiger charge is 2.26. The molecule has 2 rings (SSSR count). The number of carbonyl (C=O) groups excluding carboxylic acids is 2. The fraction of sp³-hybridized carbons (Fsp3) is 0.692. The van der Waals surface area contributed by atoms with Gasteiger partial charge >= 0.3 is 0 Å². The Hall–Kier alpha value is -1.92. The van der Waals surface area contributed by atoms with Crippen LogP contribution in [0.3, 0.4) is 0 Å². The highest BCUT2D eigenvalue weighted by Crippen LogP contribution is 2.19. The van der Waals surface area contributed by atoms with Gasteiger partial charge in [-0.15, -0.1) is 0 Å². The molecule has 1 fully saturated rings. The third-order valence-electron chi connectivity index (χ3n) is 3.51. The molecule has 2 heterocycles. The van der Waals surface area contributed by atoms with E-state index in [0.717, 1.165) is 12.2 Å². The molecule has 0 spiro atoms. The van der Waals surface area contributed by atoms with Gasteiger partial charge in [-0.25, -0.2) is 4.98 Å². The van der Waals surface area contributed by atoms with Crippen molar-refractivity contribution in [3.8, 4) is 0 Å². The number of likely N-dealkylation sites (tertiary alicyclic amines) is 1. The first-order valence-corrected chi connectivity index (χ1v) is 6.90. The van der Waals surface area contributed by atoms with Crippen LogP contribution in [0.1, 0.15) is 38.6 Å². The first kappa shape index (κ1) is 14.5. The van der Waals surface area contributed by atoms with Gasteiger partial charge in [0, 0.05) is 20.0 Å². The summed E-state index contributed by atoms with van der Waals surface area (Å²) in [7, 11) is 1.80.